The Morgan fingerprint density at radius 3 is 3.06 bits per heavy atom. The van der Waals surface area contributed by atoms with E-state index < -0.39 is 0 Å². The Bertz CT molecular complexity index is 510. The molecule has 0 saturated heterocycles. The quantitative estimate of drug-likeness (QED) is 0.811. The van der Waals surface area contributed by atoms with Crippen molar-refractivity contribution in [2.75, 3.05) is 39.6 Å². The second kappa shape index (κ2) is 5.79. The van der Waals surface area contributed by atoms with Crippen molar-refractivity contribution in [2.24, 2.45) is 0 Å². The minimum absolute atomic E-state index is 0.540. The van der Waals surface area contributed by atoms with E-state index in [9.17, 15) is 0 Å². The monoisotopic (exact) mass is 249 g/mol. The summed E-state index contributed by atoms with van der Waals surface area (Å²) >= 11 is 0. The van der Waals surface area contributed by atoms with Crippen molar-refractivity contribution in [3.8, 4) is 0 Å². The molecule has 2 aromatic rings. The molecule has 98 valence electrons. The first-order valence-corrected chi connectivity index (χ1v) is 5.95. The Morgan fingerprint density at radius 2 is 2.28 bits per heavy atom. The molecule has 6 heteroatoms. The van der Waals surface area contributed by atoms with E-state index in [1.165, 1.54) is 0 Å². The van der Waals surface area contributed by atoms with E-state index in [4.69, 9.17) is 10.5 Å². The Balaban J connectivity index is 2.05. The lowest BCUT2D eigenvalue weighted by Gasteiger charge is -2.16. The van der Waals surface area contributed by atoms with Gasteiger partial charge in [0, 0.05) is 32.9 Å². The number of hydrogen-bond acceptors (Lipinski definition) is 5. The van der Waals surface area contributed by atoms with Crippen LogP contribution in [0.2, 0.25) is 0 Å². The number of fused-ring (bicyclic) bond motifs is 1. The van der Waals surface area contributed by atoms with Gasteiger partial charge < -0.3 is 19.9 Å². The first-order chi connectivity index (χ1) is 8.72. The Kier molecular flexibility index (Phi) is 4.11. The van der Waals surface area contributed by atoms with Crippen LogP contribution < -0.4 is 5.73 Å². The van der Waals surface area contributed by atoms with Gasteiger partial charge in [0.1, 0.15) is 5.52 Å². The van der Waals surface area contributed by atoms with Crippen LogP contribution in [0.3, 0.4) is 0 Å². The molecule has 2 N–H and O–H groups in total. The van der Waals surface area contributed by atoms with Gasteiger partial charge in [-0.25, -0.2) is 4.98 Å². The van der Waals surface area contributed by atoms with Crippen LogP contribution in [0.25, 0.3) is 11.0 Å². The van der Waals surface area contributed by atoms with E-state index in [-0.39, 0.29) is 0 Å². The molecule has 0 aliphatic rings. The standard InChI is InChI=1S/C12H19N5O/c1-16(7-8-18-2)5-6-17-11-3-4-14-9-10(11)15-12(17)13/h3-4,9H,5-8H2,1-2H3,(H2,13,15). The number of pyridine rings is 1. The molecule has 0 aliphatic heterocycles. The Labute approximate surface area is 106 Å². The molecule has 2 aromatic heterocycles. The summed E-state index contributed by atoms with van der Waals surface area (Å²) in [7, 11) is 3.78. The third kappa shape index (κ3) is 2.77. The molecular formula is C12H19N5O. The number of ether oxygens (including phenoxy) is 1. The Hall–Kier alpha value is -1.66. The van der Waals surface area contributed by atoms with Crippen molar-refractivity contribution in [2.45, 2.75) is 6.54 Å². The van der Waals surface area contributed by atoms with Gasteiger partial charge in [-0.05, 0) is 13.1 Å². The van der Waals surface area contributed by atoms with Gasteiger partial charge in [0.25, 0.3) is 0 Å². The molecule has 0 fully saturated rings. The van der Waals surface area contributed by atoms with Crippen molar-refractivity contribution >= 4 is 17.0 Å². The average Bonchev–Trinajstić information content (AvgIpc) is 2.69. The topological polar surface area (TPSA) is 69.2 Å². The molecule has 0 saturated carbocycles. The van der Waals surface area contributed by atoms with E-state index in [1.807, 2.05) is 10.6 Å². The molecule has 18 heavy (non-hydrogen) atoms. The van der Waals surface area contributed by atoms with Gasteiger partial charge in [0.05, 0.1) is 18.3 Å². The molecule has 0 spiro atoms. The molecule has 0 unspecified atom stereocenters. The average molecular weight is 249 g/mol. The largest absolute Gasteiger partial charge is 0.383 e. The fourth-order valence-corrected chi connectivity index (χ4v) is 1.86. The third-order valence-corrected chi connectivity index (χ3v) is 2.96. The van der Waals surface area contributed by atoms with E-state index in [1.54, 1.807) is 19.5 Å². The molecule has 0 amide bonds. The van der Waals surface area contributed by atoms with Crippen LogP contribution in [-0.2, 0) is 11.3 Å². The summed E-state index contributed by atoms with van der Waals surface area (Å²) in [4.78, 5) is 10.5. The number of hydrogen-bond donors (Lipinski definition) is 1. The number of nitrogens with zero attached hydrogens (tertiary/aromatic N) is 4. The van der Waals surface area contributed by atoms with Crippen molar-refractivity contribution < 1.29 is 4.74 Å². The van der Waals surface area contributed by atoms with Gasteiger partial charge in [-0.2, -0.15) is 0 Å². The van der Waals surface area contributed by atoms with E-state index in [0.717, 1.165) is 37.3 Å². The molecule has 2 rings (SSSR count). The van der Waals surface area contributed by atoms with E-state index in [0.29, 0.717) is 5.95 Å². The molecule has 6 nitrogen and oxygen atoms in total. The van der Waals surface area contributed by atoms with Gasteiger partial charge in [-0.15, -0.1) is 0 Å². The van der Waals surface area contributed by atoms with Crippen LogP contribution in [0.4, 0.5) is 5.95 Å². The minimum Gasteiger partial charge on any atom is -0.383 e. The van der Waals surface area contributed by atoms with Crippen LogP contribution in [0, 0.1) is 0 Å². The number of methoxy groups -OCH3 is 1. The van der Waals surface area contributed by atoms with Crippen LogP contribution in [0.5, 0.6) is 0 Å². The number of likely N-dealkylation sites (N-methyl/N-ethyl adjacent to an activating group) is 1. The van der Waals surface area contributed by atoms with Crippen molar-refractivity contribution in [3.63, 3.8) is 0 Å². The number of nitrogens with two attached hydrogens (primary N) is 1. The van der Waals surface area contributed by atoms with Gasteiger partial charge in [0.15, 0.2) is 0 Å². The molecule has 0 aliphatic carbocycles. The van der Waals surface area contributed by atoms with E-state index in [2.05, 4.69) is 21.9 Å². The van der Waals surface area contributed by atoms with Crippen molar-refractivity contribution in [3.05, 3.63) is 18.5 Å². The summed E-state index contributed by atoms with van der Waals surface area (Å²) in [6.45, 7) is 3.36. The Morgan fingerprint density at radius 1 is 1.44 bits per heavy atom. The van der Waals surface area contributed by atoms with Crippen LogP contribution in [-0.4, -0.2) is 53.3 Å². The summed E-state index contributed by atoms with van der Waals surface area (Å²) in [5.74, 6) is 0.540. The molecule has 0 aromatic carbocycles. The zero-order valence-corrected chi connectivity index (χ0v) is 10.8. The first-order valence-electron chi connectivity index (χ1n) is 5.95. The number of anilines is 1. The van der Waals surface area contributed by atoms with Crippen LogP contribution in [0.1, 0.15) is 0 Å². The van der Waals surface area contributed by atoms with Gasteiger partial charge >= 0.3 is 0 Å². The molecule has 0 bridgehead atoms. The highest BCUT2D eigenvalue weighted by Gasteiger charge is 2.08. The summed E-state index contributed by atoms with van der Waals surface area (Å²) in [5, 5.41) is 0. The van der Waals surface area contributed by atoms with E-state index >= 15 is 0 Å². The SMILES string of the molecule is COCCN(C)CCn1c(N)nc2cnccc21. The lowest BCUT2D eigenvalue weighted by Crippen LogP contribution is -2.27. The zero-order chi connectivity index (χ0) is 13.0. The summed E-state index contributed by atoms with van der Waals surface area (Å²) in [6, 6.07) is 1.94. The van der Waals surface area contributed by atoms with Crippen molar-refractivity contribution in [1.82, 2.24) is 19.4 Å². The van der Waals surface area contributed by atoms with Gasteiger partial charge in [-0.1, -0.05) is 0 Å². The smallest absolute Gasteiger partial charge is 0.201 e. The summed E-state index contributed by atoms with van der Waals surface area (Å²) in [5.41, 5.74) is 7.79. The predicted molar refractivity (Wildman–Crippen MR) is 71.3 cm³/mol. The van der Waals surface area contributed by atoms with Gasteiger partial charge in [0.2, 0.25) is 5.95 Å². The lowest BCUT2D eigenvalue weighted by molar-refractivity contribution is 0.159. The number of nitrogen functional groups attached to an aromatic ring is 1. The number of rotatable bonds is 6. The number of imidazole rings is 1. The highest BCUT2D eigenvalue weighted by Crippen LogP contribution is 2.15. The maximum atomic E-state index is 5.92. The fraction of sp³-hybridized carbons (Fsp3) is 0.500. The lowest BCUT2D eigenvalue weighted by atomic mass is 10.4. The van der Waals surface area contributed by atoms with Gasteiger partial charge in [-0.3, -0.25) is 4.98 Å². The highest BCUT2D eigenvalue weighted by molar-refractivity contribution is 5.76. The van der Waals surface area contributed by atoms with Crippen LogP contribution >= 0.6 is 0 Å². The maximum absolute atomic E-state index is 5.92. The number of aromatic nitrogens is 3. The normalized spacial score (nSPS) is 11.5. The minimum atomic E-state index is 0.540. The van der Waals surface area contributed by atoms with Crippen molar-refractivity contribution in [1.29, 1.82) is 0 Å². The molecule has 2 heterocycles. The summed E-state index contributed by atoms with van der Waals surface area (Å²) < 4.78 is 7.06. The fourth-order valence-electron chi connectivity index (χ4n) is 1.86. The molecule has 0 radical (unpaired) electrons. The zero-order valence-electron chi connectivity index (χ0n) is 10.8. The second-order valence-corrected chi connectivity index (χ2v) is 4.28. The molecular weight excluding hydrogens is 230 g/mol. The predicted octanol–water partition coefficient (Wildman–Crippen LogP) is 0.592. The van der Waals surface area contributed by atoms with Crippen LogP contribution in [0.15, 0.2) is 18.5 Å². The second-order valence-electron chi connectivity index (χ2n) is 4.28. The molecule has 0 atom stereocenters. The third-order valence-electron chi connectivity index (χ3n) is 2.96. The maximum Gasteiger partial charge on any atom is 0.201 e. The summed E-state index contributed by atoms with van der Waals surface area (Å²) in [6.07, 6.45) is 3.49. The highest BCUT2D eigenvalue weighted by atomic mass is 16.5. The first kappa shape index (κ1) is 12.8.